The molecule has 0 spiro atoms. The minimum absolute atomic E-state index is 0.165. The van der Waals surface area contributed by atoms with E-state index in [4.69, 9.17) is 0 Å². The van der Waals surface area contributed by atoms with Gasteiger partial charge in [0.15, 0.2) is 0 Å². The summed E-state index contributed by atoms with van der Waals surface area (Å²) in [5.74, 6) is 0.836. The third-order valence-corrected chi connectivity index (χ3v) is 4.06. The van der Waals surface area contributed by atoms with Gasteiger partial charge in [-0.05, 0) is 32.0 Å². The lowest BCUT2D eigenvalue weighted by Gasteiger charge is -2.35. The third kappa shape index (κ3) is 2.26. The van der Waals surface area contributed by atoms with Crippen LogP contribution < -0.4 is 0 Å². The number of likely N-dealkylation sites (N-methyl/N-ethyl adjacent to an activating group) is 1. The predicted molar refractivity (Wildman–Crippen MR) is 69.8 cm³/mol. The third-order valence-electron chi connectivity index (χ3n) is 4.06. The molecule has 2 unspecified atom stereocenters. The van der Waals surface area contributed by atoms with Crippen molar-refractivity contribution in [3.63, 3.8) is 0 Å². The molecule has 0 saturated carbocycles. The van der Waals surface area contributed by atoms with Crippen molar-refractivity contribution in [2.75, 3.05) is 20.1 Å². The second kappa shape index (κ2) is 5.05. The molecule has 1 aliphatic heterocycles. The van der Waals surface area contributed by atoms with Gasteiger partial charge in [0, 0.05) is 12.5 Å². The minimum Gasteiger partial charge on any atom is -0.306 e. The van der Waals surface area contributed by atoms with Crippen LogP contribution in [0.2, 0.25) is 0 Å². The van der Waals surface area contributed by atoms with Gasteiger partial charge in [-0.1, -0.05) is 6.92 Å². The van der Waals surface area contributed by atoms with Gasteiger partial charge in [0.1, 0.15) is 12.0 Å². The van der Waals surface area contributed by atoms with E-state index < -0.39 is 6.43 Å². The van der Waals surface area contributed by atoms with Crippen LogP contribution in [0.15, 0.2) is 12.4 Å². The number of hydrogen-bond acceptors (Lipinski definition) is 4. The number of nitrogens with zero attached hydrogens (tertiary/aromatic N) is 5. The number of halogens is 2. The summed E-state index contributed by atoms with van der Waals surface area (Å²) < 4.78 is 27.6. The monoisotopic (exact) mass is 281 g/mol. The summed E-state index contributed by atoms with van der Waals surface area (Å²) in [6.07, 6.45) is -0.186. The molecule has 20 heavy (non-hydrogen) atoms. The average Bonchev–Trinajstić information content (AvgIpc) is 2.88. The second-order valence-corrected chi connectivity index (χ2v) is 5.51. The molecule has 2 aromatic heterocycles. The van der Waals surface area contributed by atoms with Crippen molar-refractivity contribution in [3.8, 4) is 0 Å². The molecule has 5 nitrogen and oxygen atoms in total. The van der Waals surface area contributed by atoms with Crippen molar-refractivity contribution in [2.24, 2.45) is 5.92 Å². The number of piperidine rings is 1. The first kappa shape index (κ1) is 13.4. The van der Waals surface area contributed by atoms with Crippen LogP contribution in [0, 0.1) is 5.92 Å². The number of rotatable bonds is 2. The number of aromatic nitrogens is 4. The van der Waals surface area contributed by atoms with Gasteiger partial charge in [0.05, 0.1) is 5.69 Å². The topological polar surface area (TPSA) is 46.3 Å². The van der Waals surface area contributed by atoms with Crippen LogP contribution in [0.3, 0.4) is 0 Å². The molecule has 2 aromatic rings. The summed E-state index contributed by atoms with van der Waals surface area (Å²) in [6.45, 7) is 4.02. The molecule has 3 heterocycles. The molecule has 0 bridgehead atoms. The molecule has 0 radical (unpaired) electrons. The molecule has 2 atom stereocenters. The summed E-state index contributed by atoms with van der Waals surface area (Å²) >= 11 is 0. The van der Waals surface area contributed by atoms with Crippen molar-refractivity contribution in [1.29, 1.82) is 0 Å². The van der Waals surface area contributed by atoms with E-state index in [1.165, 1.54) is 12.4 Å². The summed E-state index contributed by atoms with van der Waals surface area (Å²) in [4.78, 5) is 10.0. The maximum atomic E-state index is 13.0. The van der Waals surface area contributed by atoms with E-state index >= 15 is 0 Å². The quantitative estimate of drug-likeness (QED) is 0.846. The summed E-state index contributed by atoms with van der Waals surface area (Å²) in [5.41, 5.74) is 0.558. The minimum atomic E-state index is -2.59. The van der Waals surface area contributed by atoms with Crippen LogP contribution in [-0.2, 0) is 0 Å². The molecule has 0 amide bonds. The standard InChI is InChI=1S/C13H17F2N5/c1-8-3-4-19(2)6-9(8)11-5-10(12(14)15)18-13-16-7-17-20(11)13/h5,7-9,12H,3-4,6H2,1-2H3. The highest BCUT2D eigenvalue weighted by molar-refractivity contribution is 5.32. The lowest BCUT2D eigenvalue weighted by atomic mass is 9.84. The maximum Gasteiger partial charge on any atom is 0.280 e. The van der Waals surface area contributed by atoms with Crippen molar-refractivity contribution >= 4 is 5.78 Å². The zero-order valence-electron chi connectivity index (χ0n) is 11.5. The first-order valence-corrected chi connectivity index (χ1v) is 6.73. The lowest BCUT2D eigenvalue weighted by molar-refractivity contribution is 0.145. The molecule has 0 aromatic carbocycles. The van der Waals surface area contributed by atoms with E-state index in [0.717, 1.165) is 25.2 Å². The molecule has 1 fully saturated rings. The van der Waals surface area contributed by atoms with Crippen LogP contribution in [0.4, 0.5) is 8.78 Å². The van der Waals surface area contributed by atoms with Gasteiger partial charge in [-0.2, -0.15) is 10.1 Å². The highest BCUT2D eigenvalue weighted by atomic mass is 19.3. The van der Waals surface area contributed by atoms with Crippen molar-refractivity contribution in [1.82, 2.24) is 24.5 Å². The van der Waals surface area contributed by atoms with Crippen LogP contribution in [0.5, 0.6) is 0 Å². The van der Waals surface area contributed by atoms with E-state index in [2.05, 4.69) is 26.9 Å². The SMILES string of the molecule is CC1CCN(C)CC1c1cc(C(F)F)nc2ncnn12. The van der Waals surface area contributed by atoms with Crippen molar-refractivity contribution in [2.45, 2.75) is 25.7 Å². The fraction of sp³-hybridized carbons (Fsp3) is 0.615. The van der Waals surface area contributed by atoms with E-state index in [0.29, 0.717) is 5.92 Å². The summed E-state index contributed by atoms with van der Waals surface area (Å²) in [7, 11) is 2.05. The highest BCUT2D eigenvalue weighted by Gasteiger charge is 2.29. The van der Waals surface area contributed by atoms with Gasteiger partial charge in [-0.3, -0.25) is 0 Å². The molecule has 1 aliphatic rings. The Labute approximate surface area is 115 Å². The zero-order chi connectivity index (χ0) is 14.3. The number of fused-ring (bicyclic) bond motifs is 1. The molecule has 0 N–H and O–H groups in total. The second-order valence-electron chi connectivity index (χ2n) is 5.51. The highest BCUT2D eigenvalue weighted by Crippen LogP contribution is 2.32. The van der Waals surface area contributed by atoms with Crippen molar-refractivity contribution < 1.29 is 8.78 Å². The van der Waals surface area contributed by atoms with E-state index in [1.807, 2.05) is 7.05 Å². The first-order chi connectivity index (χ1) is 9.56. The van der Waals surface area contributed by atoms with Gasteiger partial charge < -0.3 is 4.90 Å². The molecular formula is C13H17F2N5. The van der Waals surface area contributed by atoms with Gasteiger partial charge in [0.25, 0.3) is 12.2 Å². The first-order valence-electron chi connectivity index (χ1n) is 6.73. The average molecular weight is 281 g/mol. The summed E-state index contributed by atoms with van der Waals surface area (Å²) in [5, 5.41) is 4.13. The molecule has 7 heteroatoms. The Bertz CT molecular complexity index is 612. The van der Waals surface area contributed by atoms with E-state index in [9.17, 15) is 8.78 Å². The molecular weight excluding hydrogens is 264 g/mol. The Balaban J connectivity index is 2.10. The smallest absolute Gasteiger partial charge is 0.280 e. The van der Waals surface area contributed by atoms with E-state index in [1.54, 1.807) is 4.52 Å². The number of likely N-dealkylation sites (tertiary alicyclic amines) is 1. The predicted octanol–water partition coefficient (Wildman–Crippen LogP) is 2.12. The molecule has 1 saturated heterocycles. The van der Waals surface area contributed by atoms with Gasteiger partial charge in [0.2, 0.25) is 0 Å². The number of hydrogen-bond donors (Lipinski definition) is 0. The van der Waals surface area contributed by atoms with Crippen molar-refractivity contribution in [3.05, 3.63) is 23.8 Å². The van der Waals surface area contributed by atoms with Crippen LogP contribution >= 0.6 is 0 Å². The Hall–Kier alpha value is -1.63. The fourth-order valence-corrected chi connectivity index (χ4v) is 2.85. The Morgan fingerprint density at radius 2 is 2.20 bits per heavy atom. The van der Waals surface area contributed by atoms with E-state index in [-0.39, 0.29) is 17.4 Å². The zero-order valence-corrected chi connectivity index (χ0v) is 11.5. The Morgan fingerprint density at radius 1 is 1.40 bits per heavy atom. The van der Waals surface area contributed by atoms with Crippen LogP contribution in [0.1, 0.15) is 37.1 Å². The largest absolute Gasteiger partial charge is 0.306 e. The normalized spacial score (nSPS) is 24.6. The van der Waals surface area contributed by atoms with Gasteiger partial charge in [-0.15, -0.1) is 0 Å². The molecule has 108 valence electrons. The Kier molecular flexibility index (Phi) is 3.37. The summed E-state index contributed by atoms with van der Waals surface area (Å²) in [6, 6.07) is 1.48. The lowest BCUT2D eigenvalue weighted by Crippen LogP contribution is -2.36. The van der Waals surface area contributed by atoms with Gasteiger partial charge >= 0.3 is 0 Å². The molecule has 0 aliphatic carbocycles. The van der Waals surface area contributed by atoms with Gasteiger partial charge in [-0.25, -0.2) is 18.3 Å². The molecule has 3 rings (SSSR count). The number of alkyl halides is 2. The van der Waals surface area contributed by atoms with Crippen LogP contribution in [0.25, 0.3) is 5.78 Å². The Morgan fingerprint density at radius 3 is 2.95 bits per heavy atom. The fourth-order valence-electron chi connectivity index (χ4n) is 2.85. The maximum absolute atomic E-state index is 13.0. The van der Waals surface area contributed by atoms with Crippen LogP contribution in [-0.4, -0.2) is 44.6 Å².